The van der Waals surface area contributed by atoms with Gasteiger partial charge in [-0.1, -0.05) is 6.07 Å². The number of hydrogen-bond acceptors (Lipinski definition) is 3. The number of hydrogen-bond donors (Lipinski definition) is 0. The molecule has 4 nitrogen and oxygen atoms in total. The van der Waals surface area contributed by atoms with Gasteiger partial charge in [-0.3, -0.25) is 0 Å². The molecule has 0 spiro atoms. The normalized spacial score (nSPS) is 16.5. The fourth-order valence-corrected chi connectivity index (χ4v) is 3.07. The van der Waals surface area contributed by atoms with Gasteiger partial charge in [-0.2, -0.15) is 0 Å². The molecule has 0 saturated heterocycles. The van der Waals surface area contributed by atoms with Gasteiger partial charge >= 0.3 is 5.63 Å². The molecule has 1 aliphatic rings. The van der Waals surface area contributed by atoms with Crippen LogP contribution in [-0.4, -0.2) is 6.10 Å². The maximum Gasteiger partial charge on any atom is 0.336 e. The first-order valence-electron chi connectivity index (χ1n) is 7.38. The van der Waals surface area contributed by atoms with Crippen molar-refractivity contribution in [2.75, 3.05) is 0 Å². The molecule has 4 rings (SSSR count). The summed E-state index contributed by atoms with van der Waals surface area (Å²) in [5.74, 6) is 0.822. The van der Waals surface area contributed by atoms with E-state index in [2.05, 4.69) is 4.57 Å². The molecule has 1 atom stereocenters. The van der Waals surface area contributed by atoms with Gasteiger partial charge in [0.25, 0.3) is 0 Å². The molecule has 0 saturated carbocycles. The molecule has 4 heteroatoms. The van der Waals surface area contributed by atoms with Gasteiger partial charge in [0.2, 0.25) is 0 Å². The van der Waals surface area contributed by atoms with Gasteiger partial charge < -0.3 is 9.15 Å². The Morgan fingerprint density at radius 3 is 2.86 bits per heavy atom. The SMILES string of the molecule is Cc1cc(=O)oc2c3c(ccc12)OC(C[n+]1ccccc1)C3. The van der Waals surface area contributed by atoms with Crippen molar-refractivity contribution in [3.05, 3.63) is 70.3 Å². The van der Waals surface area contributed by atoms with Crippen LogP contribution in [0.5, 0.6) is 5.75 Å². The van der Waals surface area contributed by atoms with Gasteiger partial charge in [0, 0.05) is 35.6 Å². The molecule has 1 aliphatic heterocycles. The third-order valence-electron chi connectivity index (χ3n) is 4.10. The number of ether oxygens (including phenoxy) is 1. The quantitative estimate of drug-likeness (QED) is 0.538. The van der Waals surface area contributed by atoms with Crippen molar-refractivity contribution in [3.8, 4) is 5.75 Å². The molecular formula is C18H16NO3+. The second-order valence-corrected chi connectivity index (χ2v) is 5.68. The van der Waals surface area contributed by atoms with Crippen molar-refractivity contribution < 1.29 is 13.7 Å². The Bertz CT molecular complexity index is 899. The number of pyridine rings is 1. The summed E-state index contributed by atoms with van der Waals surface area (Å²) in [7, 11) is 0. The highest BCUT2D eigenvalue weighted by Crippen LogP contribution is 2.35. The predicted molar refractivity (Wildman–Crippen MR) is 82.0 cm³/mol. The Morgan fingerprint density at radius 1 is 1.23 bits per heavy atom. The van der Waals surface area contributed by atoms with E-state index in [1.165, 1.54) is 6.07 Å². The zero-order valence-corrected chi connectivity index (χ0v) is 12.3. The summed E-state index contributed by atoms with van der Waals surface area (Å²) in [5.41, 5.74) is 2.30. The minimum absolute atomic E-state index is 0.0545. The molecule has 0 amide bonds. The average molecular weight is 294 g/mol. The van der Waals surface area contributed by atoms with Crippen LogP contribution in [0.1, 0.15) is 11.1 Å². The summed E-state index contributed by atoms with van der Waals surface area (Å²) in [5, 5.41) is 0.981. The zero-order chi connectivity index (χ0) is 15.1. The highest BCUT2D eigenvalue weighted by molar-refractivity contribution is 5.85. The minimum Gasteiger partial charge on any atom is -0.483 e. The van der Waals surface area contributed by atoms with Gasteiger partial charge in [-0.05, 0) is 24.6 Å². The van der Waals surface area contributed by atoms with Crippen LogP contribution in [0, 0.1) is 6.92 Å². The summed E-state index contributed by atoms with van der Waals surface area (Å²) in [6, 6.07) is 11.5. The van der Waals surface area contributed by atoms with Crippen LogP contribution in [0.25, 0.3) is 11.0 Å². The van der Waals surface area contributed by atoms with Crippen LogP contribution in [0.4, 0.5) is 0 Å². The highest BCUT2D eigenvalue weighted by Gasteiger charge is 2.29. The van der Waals surface area contributed by atoms with E-state index < -0.39 is 0 Å². The van der Waals surface area contributed by atoms with Gasteiger partial charge in [-0.15, -0.1) is 0 Å². The topological polar surface area (TPSA) is 43.3 Å². The standard InChI is InChI=1S/C18H16NO3/c1-12-9-17(20)22-18-14(12)5-6-16-15(18)10-13(21-16)11-19-7-3-2-4-8-19/h2-9,13H,10-11H2,1H3/q+1. The molecule has 3 aromatic rings. The number of aromatic nitrogens is 1. The minimum atomic E-state index is -0.306. The van der Waals surface area contributed by atoms with Crippen molar-refractivity contribution in [3.63, 3.8) is 0 Å². The van der Waals surface area contributed by atoms with Crippen molar-refractivity contribution in [2.45, 2.75) is 26.0 Å². The first-order chi connectivity index (χ1) is 10.7. The number of aryl methyl sites for hydroxylation is 1. The molecule has 0 fully saturated rings. The molecule has 3 heterocycles. The predicted octanol–water partition coefficient (Wildman–Crippen LogP) is 2.39. The Morgan fingerprint density at radius 2 is 2.05 bits per heavy atom. The first-order valence-corrected chi connectivity index (χ1v) is 7.38. The van der Waals surface area contributed by atoms with E-state index in [1.54, 1.807) is 0 Å². The van der Waals surface area contributed by atoms with Crippen molar-refractivity contribution in [2.24, 2.45) is 0 Å². The largest absolute Gasteiger partial charge is 0.483 e. The van der Waals surface area contributed by atoms with Crippen LogP contribution < -0.4 is 14.9 Å². The number of rotatable bonds is 2. The lowest BCUT2D eigenvalue weighted by molar-refractivity contribution is -0.702. The lowest BCUT2D eigenvalue weighted by Crippen LogP contribution is -2.40. The van der Waals surface area contributed by atoms with Crippen molar-refractivity contribution in [1.82, 2.24) is 0 Å². The zero-order valence-electron chi connectivity index (χ0n) is 12.3. The summed E-state index contributed by atoms with van der Waals surface area (Å²) in [6.45, 7) is 2.70. The maximum atomic E-state index is 11.7. The molecule has 22 heavy (non-hydrogen) atoms. The Balaban J connectivity index is 1.72. The highest BCUT2D eigenvalue weighted by atomic mass is 16.5. The summed E-state index contributed by atoms with van der Waals surface area (Å²) >= 11 is 0. The van der Waals surface area contributed by atoms with E-state index in [0.717, 1.165) is 35.2 Å². The van der Waals surface area contributed by atoms with Crippen LogP contribution >= 0.6 is 0 Å². The Hall–Kier alpha value is -2.62. The van der Waals surface area contributed by atoms with Crippen LogP contribution in [-0.2, 0) is 13.0 Å². The molecule has 0 aliphatic carbocycles. The van der Waals surface area contributed by atoms with E-state index in [-0.39, 0.29) is 11.7 Å². The first kappa shape index (κ1) is 13.1. The second kappa shape index (κ2) is 4.98. The van der Waals surface area contributed by atoms with E-state index >= 15 is 0 Å². The van der Waals surface area contributed by atoms with E-state index in [9.17, 15) is 4.79 Å². The lowest BCUT2D eigenvalue weighted by Gasteiger charge is -2.06. The molecule has 110 valence electrons. The number of benzene rings is 1. The molecule has 1 unspecified atom stereocenters. The fraction of sp³-hybridized carbons (Fsp3) is 0.222. The van der Waals surface area contributed by atoms with Crippen molar-refractivity contribution in [1.29, 1.82) is 0 Å². The third-order valence-corrected chi connectivity index (χ3v) is 4.10. The smallest absolute Gasteiger partial charge is 0.336 e. The second-order valence-electron chi connectivity index (χ2n) is 5.68. The van der Waals surface area contributed by atoms with Crippen LogP contribution in [0.3, 0.4) is 0 Å². The Kier molecular flexibility index (Phi) is 2.96. The van der Waals surface area contributed by atoms with Crippen LogP contribution in [0.2, 0.25) is 0 Å². The van der Waals surface area contributed by atoms with E-state index in [0.29, 0.717) is 5.58 Å². The molecule has 2 aromatic heterocycles. The van der Waals surface area contributed by atoms with E-state index in [1.807, 2.05) is 49.6 Å². The van der Waals surface area contributed by atoms with Gasteiger partial charge in [0.15, 0.2) is 25.0 Å². The van der Waals surface area contributed by atoms with Gasteiger partial charge in [0.05, 0.1) is 0 Å². The summed E-state index contributed by atoms with van der Waals surface area (Å²) in [4.78, 5) is 11.7. The molecule has 0 N–H and O–H groups in total. The van der Waals surface area contributed by atoms with Crippen LogP contribution in [0.15, 0.2) is 58.0 Å². The van der Waals surface area contributed by atoms with Gasteiger partial charge in [0.1, 0.15) is 11.3 Å². The number of fused-ring (bicyclic) bond motifs is 3. The molecule has 0 radical (unpaired) electrons. The van der Waals surface area contributed by atoms with Crippen molar-refractivity contribution >= 4 is 11.0 Å². The molecular weight excluding hydrogens is 278 g/mol. The molecule has 1 aromatic carbocycles. The lowest BCUT2D eigenvalue weighted by atomic mass is 10.0. The maximum absolute atomic E-state index is 11.7. The Labute approximate surface area is 127 Å². The monoisotopic (exact) mass is 294 g/mol. The van der Waals surface area contributed by atoms with E-state index in [4.69, 9.17) is 9.15 Å². The third kappa shape index (κ3) is 2.17. The summed E-state index contributed by atoms with van der Waals surface area (Å²) < 4.78 is 13.6. The fourth-order valence-electron chi connectivity index (χ4n) is 3.07. The summed E-state index contributed by atoms with van der Waals surface area (Å²) in [6.07, 6.45) is 4.85. The average Bonchev–Trinajstić information content (AvgIpc) is 2.91. The number of nitrogens with zero attached hydrogens (tertiary/aromatic N) is 1. The molecule has 0 bridgehead atoms. The van der Waals surface area contributed by atoms with Gasteiger partial charge in [-0.25, -0.2) is 9.36 Å².